The van der Waals surface area contributed by atoms with E-state index in [-0.39, 0.29) is 17.9 Å². The largest absolute Gasteiger partial charge is 0.327 e. The van der Waals surface area contributed by atoms with Crippen molar-refractivity contribution in [3.8, 4) is 0 Å². The second kappa shape index (κ2) is 5.80. The van der Waals surface area contributed by atoms with Crippen molar-refractivity contribution in [1.29, 1.82) is 0 Å². The summed E-state index contributed by atoms with van der Waals surface area (Å²) in [6.45, 7) is 2.80. The summed E-state index contributed by atoms with van der Waals surface area (Å²) in [4.78, 5) is 25.1. The predicted molar refractivity (Wildman–Crippen MR) is 69.0 cm³/mol. The summed E-state index contributed by atoms with van der Waals surface area (Å²) in [6.07, 6.45) is 8.16. The minimum absolute atomic E-state index is 0.0406. The van der Waals surface area contributed by atoms with Crippen molar-refractivity contribution >= 4 is 17.5 Å². The Kier molecular flexibility index (Phi) is 4.12. The molecule has 0 radical (unpaired) electrons. The molecule has 0 bridgehead atoms. The maximum Gasteiger partial charge on any atom is 0.270 e. The van der Waals surface area contributed by atoms with E-state index in [2.05, 4.69) is 23.5 Å². The molecule has 0 aliphatic carbocycles. The van der Waals surface area contributed by atoms with Crippen LogP contribution in [0.4, 0.5) is 0 Å². The van der Waals surface area contributed by atoms with Gasteiger partial charge in [0, 0.05) is 19.4 Å². The SMILES string of the molecule is CCCC[C@@H]1C=CCN1C(=O)C1=NNC(=O)CC1. The summed E-state index contributed by atoms with van der Waals surface area (Å²) in [5.41, 5.74) is 2.85. The van der Waals surface area contributed by atoms with Gasteiger partial charge in [-0.15, -0.1) is 0 Å². The summed E-state index contributed by atoms with van der Waals surface area (Å²) in [7, 11) is 0. The van der Waals surface area contributed by atoms with E-state index in [9.17, 15) is 9.59 Å². The number of hydrazone groups is 1. The van der Waals surface area contributed by atoms with Gasteiger partial charge in [0.15, 0.2) is 0 Å². The third-order valence-electron chi connectivity index (χ3n) is 3.33. The normalized spacial score (nSPS) is 22.9. The Bertz CT molecular complexity index is 401. The first-order valence-electron chi connectivity index (χ1n) is 6.55. The van der Waals surface area contributed by atoms with Crippen LogP contribution in [0, 0.1) is 0 Å². The lowest BCUT2D eigenvalue weighted by Gasteiger charge is -2.25. The third kappa shape index (κ3) is 2.78. The van der Waals surface area contributed by atoms with Crippen LogP contribution < -0.4 is 5.43 Å². The number of nitrogens with zero attached hydrogens (tertiary/aromatic N) is 2. The first-order valence-corrected chi connectivity index (χ1v) is 6.55. The number of unbranched alkanes of at least 4 members (excludes halogenated alkanes) is 1. The Morgan fingerprint density at radius 1 is 1.56 bits per heavy atom. The molecule has 0 saturated heterocycles. The fourth-order valence-corrected chi connectivity index (χ4v) is 2.26. The molecular weight excluding hydrogens is 230 g/mol. The summed E-state index contributed by atoms with van der Waals surface area (Å²) in [5.74, 6) is -0.158. The molecule has 0 aromatic heterocycles. The van der Waals surface area contributed by atoms with Crippen molar-refractivity contribution in [2.75, 3.05) is 6.54 Å². The van der Waals surface area contributed by atoms with Crippen LogP contribution in [0.5, 0.6) is 0 Å². The average Bonchev–Trinajstić information content (AvgIpc) is 2.84. The highest BCUT2D eigenvalue weighted by Crippen LogP contribution is 2.17. The number of hydrogen-bond acceptors (Lipinski definition) is 3. The number of amides is 2. The number of carbonyl (C=O) groups is 2. The van der Waals surface area contributed by atoms with Crippen LogP contribution in [0.25, 0.3) is 0 Å². The van der Waals surface area contributed by atoms with Crippen molar-refractivity contribution in [2.45, 2.75) is 45.1 Å². The smallest absolute Gasteiger partial charge is 0.270 e. The van der Waals surface area contributed by atoms with E-state index >= 15 is 0 Å². The van der Waals surface area contributed by atoms with E-state index in [1.54, 1.807) is 0 Å². The second-order valence-corrected chi connectivity index (χ2v) is 4.69. The molecule has 1 N–H and O–H groups in total. The highest BCUT2D eigenvalue weighted by Gasteiger charge is 2.29. The number of nitrogens with one attached hydrogen (secondary N) is 1. The van der Waals surface area contributed by atoms with Crippen LogP contribution in [0.3, 0.4) is 0 Å². The molecule has 0 aromatic carbocycles. The quantitative estimate of drug-likeness (QED) is 0.761. The molecular formula is C13H19N3O2. The lowest BCUT2D eigenvalue weighted by molar-refractivity contribution is -0.125. The maximum absolute atomic E-state index is 12.3. The van der Waals surface area contributed by atoms with Gasteiger partial charge in [-0.2, -0.15) is 5.10 Å². The van der Waals surface area contributed by atoms with Gasteiger partial charge in [0.2, 0.25) is 5.91 Å². The zero-order valence-corrected chi connectivity index (χ0v) is 10.7. The molecule has 0 aromatic rings. The Morgan fingerprint density at radius 2 is 2.39 bits per heavy atom. The minimum atomic E-state index is -0.117. The van der Waals surface area contributed by atoms with Gasteiger partial charge in [-0.3, -0.25) is 9.59 Å². The van der Waals surface area contributed by atoms with Gasteiger partial charge in [-0.25, -0.2) is 5.43 Å². The molecule has 0 unspecified atom stereocenters. The topological polar surface area (TPSA) is 61.8 Å². The average molecular weight is 249 g/mol. The maximum atomic E-state index is 12.3. The lowest BCUT2D eigenvalue weighted by atomic mass is 10.1. The Hall–Kier alpha value is -1.65. The predicted octanol–water partition coefficient (Wildman–Crippen LogP) is 1.21. The molecule has 0 saturated carbocycles. The molecule has 0 fully saturated rings. The molecule has 2 rings (SSSR count). The van der Waals surface area contributed by atoms with Crippen LogP contribution in [0.1, 0.15) is 39.0 Å². The zero-order valence-electron chi connectivity index (χ0n) is 10.7. The zero-order chi connectivity index (χ0) is 13.0. The van der Waals surface area contributed by atoms with Gasteiger partial charge in [-0.05, 0) is 6.42 Å². The van der Waals surface area contributed by atoms with Crippen molar-refractivity contribution in [1.82, 2.24) is 10.3 Å². The Labute approximate surface area is 107 Å². The first kappa shape index (κ1) is 12.8. The molecule has 5 heteroatoms. The van der Waals surface area contributed by atoms with Crippen molar-refractivity contribution in [3.63, 3.8) is 0 Å². The molecule has 5 nitrogen and oxygen atoms in total. The number of rotatable bonds is 4. The van der Waals surface area contributed by atoms with Crippen molar-refractivity contribution in [2.24, 2.45) is 5.10 Å². The van der Waals surface area contributed by atoms with Crippen LogP contribution in [-0.4, -0.2) is 35.0 Å². The molecule has 2 heterocycles. The fraction of sp³-hybridized carbons (Fsp3) is 0.615. The van der Waals surface area contributed by atoms with Gasteiger partial charge >= 0.3 is 0 Å². The van der Waals surface area contributed by atoms with E-state index in [4.69, 9.17) is 0 Å². The molecule has 2 aliphatic heterocycles. The van der Waals surface area contributed by atoms with E-state index in [1.807, 2.05) is 11.0 Å². The molecule has 2 amide bonds. The van der Waals surface area contributed by atoms with Gasteiger partial charge in [0.1, 0.15) is 5.71 Å². The van der Waals surface area contributed by atoms with Gasteiger partial charge in [0.05, 0.1) is 6.04 Å². The number of hydrogen-bond donors (Lipinski definition) is 1. The molecule has 2 aliphatic rings. The summed E-state index contributed by atoms with van der Waals surface area (Å²) in [5, 5.41) is 3.87. The standard InChI is InChI=1S/C13H19N3O2/c1-2-3-5-10-6-4-9-16(10)13(18)11-7-8-12(17)15-14-11/h4,6,10H,2-3,5,7-9H2,1H3,(H,15,17)/t10-/m1/s1. The summed E-state index contributed by atoms with van der Waals surface area (Å²) in [6, 6.07) is 0.192. The van der Waals surface area contributed by atoms with Gasteiger partial charge in [0.25, 0.3) is 5.91 Å². The van der Waals surface area contributed by atoms with Crippen molar-refractivity contribution < 1.29 is 9.59 Å². The van der Waals surface area contributed by atoms with Crippen LogP contribution >= 0.6 is 0 Å². The second-order valence-electron chi connectivity index (χ2n) is 4.69. The van der Waals surface area contributed by atoms with Gasteiger partial charge in [-0.1, -0.05) is 31.9 Å². The van der Waals surface area contributed by atoms with E-state index in [0.717, 1.165) is 19.3 Å². The summed E-state index contributed by atoms with van der Waals surface area (Å²) >= 11 is 0. The third-order valence-corrected chi connectivity index (χ3v) is 3.33. The van der Waals surface area contributed by atoms with E-state index < -0.39 is 0 Å². The van der Waals surface area contributed by atoms with Crippen LogP contribution in [-0.2, 0) is 9.59 Å². The summed E-state index contributed by atoms with van der Waals surface area (Å²) < 4.78 is 0. The minimum Gasteiger partial charge on any atom is -0.327 e. The highest BCUT2D eigenvalue weighted by molar-refractivity contribution is 6.39. The molecule has 98 valence electrons. The Morgan fingerprint density at radius 3 is 3.06 bits per heavy atom. The lowest BCUT2D eigenvalue weighted by Crippen LogP contribution is -2.43. The Balaban J connectivity index is 1.98. The molecule has 18 heavy (non-hydrogen) atoms. The first-order chi connectivity index (χ1) is 8.72. The van der Waals surface area contributed by atoms with Crippen molar-refractivity contribution in [3.05, 3.63) is 12.2 Å². The molecule has 1 atom stereocenters. The molecule has 0 spiro atoms. The van der Waals surface area contributed by atoms with E-state index in [0.29, 0.717) is 25.1 Å². The van der Waals surface area contributed by atoms with Crippen LogP contribution in [0.2, 0.25) is 0 Å². The monoisotopic (exact) mass is 249 g/mol. The highest BCUT2D eigenvalue weighted by atomic mass is 16.2. The van der Waals surface area contributed by atoms with Crippen LogP contribution in [0.15, 0.2) is 17.3 Å². The number of carbonyl (C=O) groups excluding carboxylic acids is 2. The van der Waals surface area contributed by atoms with Gasteiger partial charge < -0.3 is 4.90 Å². The van der Waals surface area contributed by atoms with E-state index in [1.165, 1.54) is 0 Å². The fourth-order valence-electron chi connectivity index (χ4n) is 2.26.